The maximum Gasteiger partial charge on any atom is 0.244 e. The Kier molecular flexibility index (Phi) is 5.58. The molecule has 0 aromatic rings. The summed E-state index contributed by atoms with van der Waals surface area (Å²) in [6.45, 7) is 6.15. The molecule has 0 radical (unpaired) electrons. The minimum atomic E-state index is 0.0911. The fraction of sp³-hybridized carbons (Fsp3) is 0.786. The first-order chi connectivity index (χ1) is 7.63. The molecule has 1 N–H and O–H groups in total. The predicted octanol–water partition coefficient (Wildman–Crippen LogP) is 3.43. The van der Waals surface area contributed by atoms with E-state index in [1.54, 1.807) is 6.08 Å². The quantitative estimate of drug-likeness (QED) is 0.711. The number of carbonyl (C=O) groups excluding carboxylic acids is 1. The summed E-state index contributed by atoms with van der Waals surface area (Å²) in [6.07, 6.45) is 9.25. The first-order valence-electron chi connectivity index (χ1n) is 6.59. The van der Waals surface area contributed by atoms with Gasteiger partial charge in [-0.15, -0.1) is 0 Å². The van der Waals surface area contributed by atoms with Gasteiger partial charge in [-0.05, 0) is 39.0 Å². The zero-order valence-electron chi connectivity index (χ0n) is 10.9. The molecular weight excluding hydrogens is 198 g/mol. The minimum Gasteiger partial charge on any atom is -0.350 e. The highest BCUT2D eigenvalue weighted by Crippen LogP contribution is 2.29. The number of hydrogen-bond donors (Lipinski definition) is 1. The van der Waals surface area contributed by atoms with E-state index in [2.05, 4.69) is 12.2 Å². The average Bonchev–Trinajstić information content (AvgIpc) is 2.61. The molecule has 1 rings (SSSR count). The Hall–Kier alpha value is -0.790. The third kappa shape index (κ3) is 4.38. The van der Waals surface area contributed by atoms with Crippen molar-refractivity contribution in [1.82, 2.24) is 5.32 Å². The highest BCUT2D eigenvalue weighted by molar-refractivity contribution is 5.88. The monoisotopic (exact) mass is 223 g/mol. The molecule has 0 unspecified atom stereocenters. The van der Waals surface area contributed by atoms with Crippen molar-refractivity contribution in [3.63, 3.8) is 0 Å². The predicted molar refractivity (Wildman–Crippen MR) is 68.2 cm³/mol. The fourth-order valence-electron chi connectivity index (χ4n) is 2.53. The smallest absolute Gasteiger partial charge is 0.244 e. The molecule has 2 atom stereocenters. The zero-order chi connectivity index (χ0) is 12.0. The van der Waals surface area contributed by atoms with E-state index in [4.69, 9.17) is 0 Å². The lowest BCUT2D eigenvalue weighted by molar-refractivity contribution is -0.117. The van der Waals surface area contributed by atoms with Crippen molar-refractivity contribution < 1.29 is 4.79 Å². The van der Waals surface area contributed by atoms with Gasteiger partial charge in [-0.1, -0.05) is 31.8 Å². The Morgan fingerprint density at radius 2 is 2.12 bits per heavy atom. The van der Waals surface area contributed by atoms with Crippen molar-refractivity contribution >= 4 is 5.91 Å². The van der Waals surface area contributed by atoms with Crippen LogP contribution in [0.1, 0.15) is 59.3 Å². The third-order valence-electron chi connectivity index (χ3n) is 3.33. The number of hydrogen-bond acceptors (Lipinski definition) is 1. The Labute approximate surface area is 99.5 Å². The van der Waals surface area contributed by atoms with Gasteiger partial charge in [-0.3, -0.25) is 4.79 Å². The zero-order valence-corrected chi connectivity index (χ0v) is 10.9. The molecule has 0 heterocycles. The van der Waals surface area contributed by atoms with Gasteiger partial charge in [0, 0.05) is 12.1 Å². The number of rotatable bonds is 5. The van der Waals surface area contributed by atoms with Crippen molar-refractivity contribution in [2.75, 3.05) is 0 Å². The van der Waals surface area contributed by atoms with Crippen LogP contribution in [0.5, 0.6) is 0 Å². The molecule has 0 aromatic carbocycles. The summed E-state index contributed by atoms with van der Waals surface area (Å²) < 4.78 is 0. The summed E-state index contributed by atoms with van der Waals surface area (Å²) >= 11 is 0. The van der Waals surface area contributed by atoms with E-state index in [1.807, 2.05) is 13.8 Å². The van der Waals surface area contributed by atoms with Crippen LogP contribution in [0.3, 0.4) is 0 Å². The highest BCUT2D eigenvalue weighted by atomic mass is 16.1. The topological polar surface area (TPSA) is 29.1 Å². The van der Waals surface area contributed by atoms with E-state index in [0.717, 1.165) is 17.9 Å². The molecule has 0 bridgehead atoms. The molecule has 0 aliphatic heterocycles. The van der Waals surface area contributed by atoms with Gasteiger partial charge in [0.15, 0.2) is 0 Å². The van der Waals surface area contributed by atoms with Gasteiger partial charge in [0.05, 0.1) is 0 Å². The average molecular weight is 223 g/mol. The van der Waals surface area contributed by atoms with E-state index in [-0.39, 0.29) is 5.91 Å². The second kappa shape index (κ2) is 6.72. The molecule has 1 fully saturated rings. The van der Waals surface area contributed by atoms with Crippen LogP contribution < -0.4 is 5.32 Å². The molecule has 2 heteroatoms. The Balaban J connectivity index is 2.40. The first kappa shape index (κ1) is 13.3. The molecule has 16 heavy (non-hydrogen) atoms. The molecular formula is C14H25NO. The first-order valence-corrected chi connectivity index (χ1v) is 6.59. The van der Waals surface area contributed by atoms with Crippen LogP contribution in [0.2, 0.25) is 0 Å². The van der Waals surface area contributed by atoms with Crippen molar-refractivity contribution in [3.05, 3.63) is 11.6 Å². The molecule has 0 spiro atoms. The third-order valence-corrected chi connectivity index (χ3v) is 3.33. The van der Waals surface area contributed by atoms with Crippen LogP contribution in [0, 0.1) is 5.92 Å². The number of amides is 1. The van der Waals surface area contributed by atoms with Crippen LogP contribution in [0.25, 0.3) is 0 Å². The van der Waals surface area contributed by atoms with Crippen molar-refractivity contribution in [1.29, 1.82) is 0 Å². The van der Waals surface area contributed by atoms with Gasteiger partial charge < -0.3 is 5.32 Å². The van der Waals surface area contributed by atoms with Crippen LogP contribution in [0.15, 0.2) is 11.6 Å². The van der Waals surface area contributed by atoms with Crippen LogP contribution in [0.4, 0.5) is 0 Å². The number of unbranched alkanes of at least 4 members (excludes halogenated alkanes) is 1. The SMILES string of the molecule is CCCC[C@@H]1CCC[C@H]1NC(=O)C=C(C)C. The summed E-state index contributed by atoms with van der Waals surface area (Å²) in [7, 11) is 0. The lowest BCUT2D eigenvalue weighted by Crippen LogP contribution is -2.36. The lowest BCUT2D eigenvalue weighted by atomic mass is 9.97. The van der Waals surface area contributed by atoms with E-state index >= 15 is 0 Å². The molecule has 92 valence electrons. The van der Waals surface area contributed by atoms with Crippen LogP contribution >= 0.6 is 0 Å². The maximum absolute atomic E-state index is 11.6. The van der Waals surface area contributed by atoms with Gasteiger partial charge in [0.25, 0.3) is 0 Å². The molecule has 1 amide bonds. The van der Waals surface area contributed by atoms with E-state index < -0.39 is 0 Å². The maximum atomic E-state index is 11.6. The Morgan fingerprint density at radius 3 is 2.75 bits per heavy atom. The molecule has 1 aliphatic carbocycles. The van der Waals surface area contributed by atoms with E-state index in [0.29, 0.717) is 6.04 Å². The molecule has 0 saturated heterocycles. The second-order valence-electron chi connectivity index (χ2n) is 5.17. The second-order valence-corrected chi connectivity index (χ2v) is 5.17. The van der Waals surface area contributed by atoms with Gasteiger partial charge in [-0.25, -0.2) is 0 Å². The molecule has 1 saturated carbocycles. The number of carbonyl (C=O) groups is 1. The summed E-state index contributed by atoms with van der Waals surface area (Å²) in [5.74, 6) is 0.808. The molecule has 1 aliphatic rings. The van der Waals surface area contributed by atoms with Gasteiger partial charge in [0.1, 0.15) is 0 Å². The van der Waals surface area contributed by atoms with Crippen molar-refractivity contribution in [2.24, 2.45) is 5.92 Å². The summed E-state index contributed by atoms with van der Waals surface area (Å²) in [6, 6.07) is 0.426. The van der Waals surface area contributed by atoms with E-state index in [9.17, 15) is 4.79 Å². The Morgan fingerprint density at radius 1 is 1.38 bits per heavy atom. The molecule has 0 aromatic heterocycles. The number of allylic oxidation sites excluding steroid dienone is 1. The standard InChI is InChI=1S/C14H25NO/c1-4-5-7-12-8-6-9-13(12)15-14(16)10-11(2)3/h10,12-13H,4-9H2,1-3H3,(H,15,16)/t12-,13-/m1/s1. The normalized spacial score (nSPS) is 24.2. The number of nitrogens with one attached hydrogen (secondary N) is 1. The van der Waals surface area contributed by atoms with Gasteiger partial charge >= 0.3 is 0 Å². The summed E-state index contributed by atoms with van der Waals surface area (Å²) in [5, 5.41) is 3.15. The Bertz CT molecular complexity index is 253. The van der Waals surface area contributed by atoms with Crippen LogP contribution in [-0.2, 0) is 4.79 Å². The highest BCUT2D eigenvalue weighted by Gasteiger charge is 2.27. The largest absolute Gasteiger partial charge is 0.350 e. The fourth-order valence-corrected chi connectivity index (χ4v) is 2.53. The van der Waals surface area contributed by atoms with Crippen molar-refractivity contribution in [3.8, 4) is 0 Å². The summed E-state index contributed by atoms with van der Waals surface area (Å²) in [4.78, 5) is 11.6. The van der Waals surface area contributed by atoms with E-state index in [1.165, 1.54) is 32.1 Å². The molecule has 2 nitrogen and oxygen atoms in total. The van der Waals surface area contributed by atoms with Crippen LogP contribution in [-0.4, -0.2) is 11.9 Å². The minimum absolute atomic E-state index is 0.0911. The lowest BCUT2D eigenvalue weighted by Gasteiger charge is -2.20. The summed E-state index contributed by atoms with van der Waals surface area (Å²) in [5.41, 5.74) is 1.07. The van der Waals surface area contributed by atoms with Gasteiger partial charge in [0.2, 0.25) is 5.91 Å². The van der Waals surface area contributed by atoms with Crippen molar-refractivity contribution in [2.45, 2.75) is 65.3 Å². The van der Waals surface area contributed by atoms with Gasteiger partial charge in [-0.2, -0.15) is 0 Å².